The van der Waals surface area contributed by atoms with Crippen LogP contribution >= 0.6 is 0 Å². The molecule has 35 heavy (non-hydrogen) atoms. The lowest BCUT2D eigenvalue weighted by Gasteiger charge is -2.43. The van der Waals surface area contributed by atoms with Gasteiger partial charge in [-0.3, -0.25) is 4.79 Å². The van der Waals surface area contributed by atoms with Crippen molar-refractivity contribution in [3.05, 3.63) is 54.6 Å². The second-order valence-corrected chi connectivity index (χ2v) is 10.6. The molecule has 4 atom stereocenters. The second kappa shape index (κ2) is 11.5. The van der Waals surface area contributed by atoms with Gasteiger partial charge in [0.1, 0.15) is 11.5 Å². The predicted octanol–water partition coefficient (Wildman–Crippen LogP) is 2.30. The van der Waals surface area contributed by atoms with E-state index in [1.54, 1.807) is 12.1 Å². The quantitative estimate of drug-likeness (QED) is 0.595. The molecule has 2 aliphatic rings. The molecule has 2 aromatic carbocycles. The molecule has 2 N–H and O–H groups in total. The van der Waals surface area contributed by atoms with Gasteiger partial charge in [-0.1, -0.05) is 18.2 Å². The number of para-hydroxylation sites is 1. The number of ether oxygens (including phenoxy) is 3. The van der Waals surface area contributed by atoms with E-state index in [4.69, 9.17) is 14.2 Å². The molecule has 2 heterocycles. The molecule has 2 fully saturated rings. The van der Waals surface area contributed by atoms with Gasteiger partial charge < -0.3 is 24.6 Å². The molecule has 4 rings (SSSR count). The fourth-order valence-electron chi connectivity index (χ4n) is 4.49. The Bertz CT molecular complexity index is 1080. The normalized spacial score (nSPS) is 25.7. The summed E-state index contributed by atoms with van der Waals surface area (Å²) in [5, 5.41) is 13.1. The summed E-state index contributed by atoms with van der Waals surface area (Å²) in [5.41, 5.74) is 0. The van der Waals surface area contributed by atoms with Crippen LogP contribution in [0.3, 0.4) is 0 Å². The highest BCUT2D eigenvalue weighted by molar-refractivity contribution is 7.89. The third-order valence-electron chi connectivity index (χ3n) is 6.13. The molecule has 0 spiro atoms. The third-order valence-corrected chi connectivity index (χ3v) is 8.04. The lowest BCUT2D eigenvalue weighted by molar-refractivity contribution is -0.146. The van der Waals surface area contributed by atoms with Crippen molar-refractivity contribution < 1.29 is 32.5 Å². The lowest BCUT2D eigenvalue weighted by Crippen LogP contribution is -2.57. The summed E-state index contributed by atoms with van der Waals surface area (Å²) in [4.78, 5) is 12.1. The Kier molecular flexibility index (Phi) is 8.40. The van der Waals surface area contributed by atoms with E-state index in [1.807, 2.05) is 37.3 Å². The van der Waals surface area contributed by atoms with Gasteiger partial charge in [0.05, 0.1) is 48.9 Å². The fraction of sp³-hybridized carbons (Fsp3) is 0.480. The average molecular weight is 505 g/mol. The van der Waals surface area contributed by atoms with Crippen LogP contribution in [-0.4, -0.2) is 74.4 Å². The number of benzene rings is 2. The number of fused-ring (bicyclic) bond motifs is 1. The molecule has 1 amide bonds. The molecule has 2 aliphatic heterocycles. The first-order chi connectivity index (χ1) is 16.9. The molecule has 0 bridgehead atoms. The number of rotatable bonds is 7. The molecule has 0 aliphatic carbocycles. The number of hydrogen-bond acceptors (Lipinski definition) is 7. The number of hydrogen-bond donors (Lipinski definition) is 2. The molecule has 2 aromatic rings. The van der Waals surface area contributed by atoms with E-state index in [0.717, 1.165) is 0 Å². The molecular formula is C25H32N2O7S. The average Bonchev–Trinajstić information content (AvgIpc) is 2.83. The van der Waals surface area contributed by atoms with Gasteiger partial charge in [0, 0.05) is 13.1 Å². The molecule has 9 nitrogen and oxygen atoms in total. The van der Waals surface area contributed by atoms with Crippen LogP contribution in [0, 0.1) is 0 Å². The van der Waals surface area contributed by atoms with Crippen molar-refractivity contribution >= 4 is 15.9 Å². The topological polar surface area (TPSA) is 114 Å². The summed E-state index contributed by atoms with van der Waals surface area (Å²) in [6, 6.07) is 15.0. The number of amides is 1. The Morgan fingerprint density at radius 3 is 2.51 bits per heavy atom. The second-order valence-electron chi connectivity index (χ2n) is 8.75. The van der Waals surface area contributed by atoms with Crippen LogP contribution in [0.1, 0.15) is 26.2 Å². The van der Waals surface area contributed by atoms with E-state index in [1.165, 1.54) is 16.4 Å². The van der Waals surface area contributed by atoms with Crippen LogP contribution in [0.4, 0.5) is 0 Å². The number of sulfonamides is 1. The maximum absolute atomic E-state index is 13.7. The van der Waals surface area contributed by atoms with E-state index >= 15 is 0 Å². The Morgan fingerprint density at radius 2 is 1.80 bits per heavy atom. The zero-order valence-electron chi connectivity index (χ0n) is 19.7. The standard InChI is InChI=1S/C25H32N2O7S/c1-2-26-25(29)14-21-10-13-23-24(34-21)17-32-16-18(28)15-27(23)35(30,31)22-11-8-20(9-12-22)33-19-6-4-3-5-7-19/h3-9,11-12,18,21,23-24,28H,2,10,13-17H2,1H3,(H,26,29)/t18-,21+,23-,24+/m0/s1. The van der Waals surface area contributed by atoms with Gasteiger partial charge in [-0.15, -0.1) is 0 Å². The van der Waals surface area contributed by atoms with Crippen molar-refractivity contribution in [2.24, 2.45) is 0 Å². The zero-order valence-corrected chi connectivity index (χ0v) is 20.5. The Balaban J connectivity index is 1.52. The highest BCUT2D eigenvalue weighted by atomic mass is 32.2. The van der Waals surface area contributed by atoms with Crippen molar-refractivity contribution in [2.45, 2.75) is 55.4 Å². The monoisotopic (exact) mass is 504 g/mol. The molecule has 10 heteroatoms. The van der Waals surface area contributed by atoms with Gasteiger partial charge in [0.2, 0.25) is 15.9 Å². The summed E-state index contributed by atoms with van der Waals surface area (Å²) in [6.45, 7) is 2.44. The van der Waals surface area contributed by atoms with E-state index in [9.17, 15) is 18.3 Å². The Hall–Kier alpha value is -2.50. The highest BCUT2D eigenvalue weighted by Gasteiger charge is 2.43. The minimum Gasteiger partial charge on any atom is -0.457 e. The van der Waals surface area contributed by atoms with Crippen molar-refractivity contribution in [3.63, 3.8) is 0 Å². The van der Waals surface area contributed by atoms with Crippen molar-refractivity contribution in [2.75, 3.05) is 26.3 Å². The Morgan fingerprint density at radius 1 is 1.09 bits per heavy atom. The van der Waals surface area contributed by atoms with Crippen LogP contribution < -0.4 is 10.1 Å². The van der Waals surface area contributed by atoms with Gasteiger partial charge >= 0.3 is 0 Å². The van der Waals surface area contributed by atoms with Crippen LogP contribution in [0.2, 0.25) is 0 Å². The van der Waals surface area contributed by atoms with E-state index in [0.29, 0.717) is 30.9 Å². The molecule has 0 unspecified atom stereocenters. The summed E-state index contributed by atoms with van der Waals surface area (Å²) in [6.07, 6.45) is -0.556. The lowest BCUT2D eigenvalue weighted by atomic mass is 9.96. The summed E-state index contributed by atoms with van der Waals surface area (Å²) >= 11 is 0. The maximum Gasteiger partial charge on any atom is 0.243 e. The number of nitrogens with zero attached hydrogens (tertiary/aromatic N) is 1. The van der Waals surface area contributed by atoms with Crippen LogP contribution in [0.5, 0.6) is 11.5 Å². The first-order valence-electron chi connectivity index (χ1n) is 11.9. The molecule has 190 valence electrons. The number of aliphatic hydroxyl groups is 1. The van der Waals surface area contributed by atoms with Crippen molar-refractivity contribution in [3.8, 4) is 11.5 Å². The van der Waals surface area contributed by atoms with Gasteiger partial charge in [0.25, 0.3) is 0 Å². The van der Waals surface area contributed by atoms with Crippen LogP contribution in [0.25, 0.3) is 0 Å². The summed E-state index contributed by atoms with van der Waals surface area (Å²) in [5.74, 6) is 1.07. The van der Waals surface area contributed by atoms with Gasteiger partial charge in [-0.2, -0.15) is 4.31 Å². The van der Waals surface area contributed by atoms with E-state index in [-0.39, 0.29) is 43.1 Å². The minimum atomic E-state index is -3.94. The minimum absolute atomic E-state index is 0.00341. The zero-order chi connectivity index (χ0) is 24.8. The van der Waals surface area contributed by atoms with E-state index in [2.05, 4.69) is 5.32 Å². The summed E-state index contributed by atoms with van der Waals surface area (Å²) in [7, 11) is -3.94. The third kappa shape index (κ3) is 6.39. The SMILES string of the molecule is CCNC(=O)C[C@H]1CC[C@H]2[C@@H](COC[C@@H](O)CN2S(=O)(=O)c2ccc(Oc3ccccc3)cc2)O1. The first-order valence-corrected chi connectivity index (χ1v) is 13.3. The largest absolute Gasteiger partial charge is 0.457 e. The Labute approximate surface area is 206 Å². The van der Waals surface area contributed by atoms with Crippen LogP contribution in [0.15, 0.2) is 59.5 Å². The molecule has 0 saturated carbocycles. The maximum atomic E-state index is 13.7. The van der Waals surface area contributed by atoms with Gasteiger partial charge in [0.15, 0.2) is 0 Å². The summed E-state index contributed by atoms with van der Waals surface area (Å²) < 4.78 is 46.2. The van der Waals surface area contributed by atoms with Crippen LogP contribution in [-0.2, 0) is 24.3 Å². The van der Waals surface area contributed by atoms with Crippen molar-refractivity contribution in [1.82, 2.24) is 9.62 Å². The molecular weight excluding hydrogens is 472 g/mol. The number of β-amino-alcohol motifs (C(OH)–C–C–N with tert-alkyl or cyclic N) is 1. The van der Waals surface area contributed by atoms with Gasteiger partial charge in [-0.25, -0.2) is 8.42 Å². The fourth-order valence-corrected chi connectivity index (χ4v) is 6.20. The first kappa shape index (κ1) is 25.6. The van der Waals surface area contributed by atoms with Gasteiger partial charge in [-0.05, 0) is 56.2 Å². The number of nitrogens with one attached hydrogen (secondary N) is 1. The van der Waals surface area contributed by atoms with Crippen molar-refractivity contribution in [1.29, 1.82) is 0 Å². The highest BCUT2D eigenvalue weighted by Crippen LogP contribution is 2.32. The van der Waals surface area contributed by atoms with E-state index < -0.39 is 28.3 Å². The molecule has 0 radical (unpaired) electrons. The predicted molar refractivity (Wildman–Crippen MR) is 129 cm³/mol. The molecule has 2 saturated heterocycles. The molecule has 0 aromatic heterocycles. The number of carbonyl (C=O) groups is 1. The number of carbonyl (C=O) groups excluding carboxylic acids is 1. The number of aliphatic hydroxyl groups excluding tert-OH is 1. The smallest absolute Gasteiger partial charge is 0.243 e.